The summed E-state index contributed by atoms with van der Waals surface area (Å²) in [6.45, 7) is -1.96. The third kappa shape index (κ3) is 11.2. The summed E-state index contributed by atoms with van der Waals surface area (Å²) in [5, 5.41) is 13.4. The number of carbonyl (C=O) groups excluding carboxylic acids is 2. The highest BCUT2D eigenvalue weighted by Gasteiger charge is 2.43. The summed E-state index contributed by atoms with van der Waals surface area (Å²) in [4.78, 5) is 50.4. The number of carbonyl (C=O) groups is 3. The molecule has 0 bridgehead atoms. The first-order chi connectivity index (χ1) is 30.3. The second-order valence-electron chi connectivity index (χ2n) is 14.9. The molecule has 0 radical (unpaired) electrons. The first kappa shape index (κ1) is 43.9. The van der Waals surface area contributed by atoms with Gasteiger partial charge in [0.2, 0.25) is 11.8 Å². The van der Waals surface area contributed by atoms with Crippen LogP contribution >= 0.6 is 0 Å². The number of alkyl halides is 3. The van der Waals surface area contributed by atoms with E-state index in [9.17, 15) is 41.4 Å². The van der Waals surface area contributed by atoms with Gasteiger partial charge in [0.15, 0.2) is 11.5 Å². The zero-order chi connectivity index (χ0) is 44.5. The lowest BCUT2D eigenvalue weighted by molar-refractivity contribution is -0.147. The van der Waals surface area contributed by atoms with Gasteiger partial charge in [0.25, 0.3) is 5.91 Å². The van der Waals surface area contributed by atoms with E-state index >= 15 is 0 Å². The number of ketones is 1. The Morgan fingerprint density at radius 1 is 0.698 bits per heavy atom. The van der Waals surface area contributed by atoms with Crippen LogP contribution < -0.4 is 14.2 Å². The summed E-state index contributed by atoms with van der Waals surface area (Å²) < 4.78 is 92.9. The summed E-state index contributed by atoms with van der Waals surface area (Å²) in [6.07, 6.45) is -4.15. The normalized spacial score (nSPS) is 15.1. The Kier molecular flexibility index (Phi) is 13.7. The molecule has 1 fully saturated rings. The minimum Gasteiger partial charge on any atom is -0.481 e. The van der Waals surface area contributed by atoms with Crippen LogP contribution in [-0.2, 0) is 37.3 Å². The molecule has 63 heavy (non-hydrogen) atoms. The molecule has 17 heteroatoms. The fraction of sp³-hybridized carbons (Fsp3) is 0.261. The van der Waals surface area contributed by atoms with Gasteiger partial charge in [-0.15, -0.1) is 0 Å². The number of rotatable bonds is 17. The third-order valence-corrected chi connectivity index (χ3v) is 10.4. The van der Waals surface area contributed by atoms with Crippen LogP contribution in [0.4, 0.5) is 22.0 Å². The van der Waals surface area contributed by atoms with Crippen LogP contribution in [0.5, 0.6) is 17.8 Å². The van der Waals surface area contributed by atoms with Gasteiger partial charge < -0.3 is 24.2 Å². The molecule has 12 nitrogen and oxygen atoms in total. The molecule has 326 valence electrons. The summed E-state index contributed by atoms with van der Waals surface area (Å²) in [6, 6.07) is 28.0. The minimum atomic E-state index is -5.15. The van der Waals surface area contributed by atoms with Crippen LogP contribution in [0.3, 0.4) is 0 Å². The van der Waals surface area contributed by atoms with Crippen LogP contribution in [0, 0.1) is 17.6 Å². The van der Waals surface area contributed by atoms with Gasteiger partial charge in [0.1, 0.15) is 37.0 Å². The van der Waals surface area contributed by atoms with Crippen LogP contribution in [-0.4, -0.2) is 54.0 Å². The van der Waals surface area contributed by atoms with Crippen molar-refractivity contribution in [1.29, 1.82) is 0 Å². The van der Waals surface area contributed by atoms with Gasteiger partial charge in [-0.05, 0) is 60.1 Å². The number of carboxylic acids is 1. The smallest absolute Gasteiger partial charge is 0.433 e. The van der Waals surface area contributed by atoms with E-state index in [2.05, 4.69) is 15.1 Å². The van der Waals surface area contributed by atoms with Crippen molar-refractivity contribution < 1.29 is 55.7 Å². The average molecular weight is 870 g/mol. The van der Waals surface area contributed by atoms with Gasteiger partial charge in [0, 0.05) is 12.6 Å². The zero-order valence-corrected chi connectivity index (χ0v) is 33.5. The van der Waals surface area contributed by atoms with Crippen molar-refractivity contribution in [3.05, 3.63) is 166 Å². The Bertz CT molecular complexity index is 2450. The number of benzene rings is 4. The fourth-order valence-electron chi connectivity index (χ4n) is 7.28. The topological polar surface area (TPSA) is 146 Å². The molecular weight excluding hydrogens is 830 g/mol. The maximum Gasteiger partial charge on any atom is 0.433 e. The fourth-order valence-corrected chi connectivity index (χ4v) is 7.28. The number of hydrogen-bond donors (Lipinski definition) is 1. The predicted molar refractivity (Wildman–Crippen MR) is 216 cm³/mol. The minimum absolute atomic E-state index is 0.00702. The molecule has 7 rings (SSSR count). The van der Waals surface area contributed by atoms with Crippen molar-refractivity contribution in [3.8, 4) is 17.8 Å². The van der Waals surface area contributed by atoms with Gasteiger partial charge in [-0.3, -0.25) is 19.1 Å². The lowest BCUT2D eigenvalue weighted by atomic mass is 9.86. The monoisotopic (exact) mass is 869 g/mol. The maximum absolute atomic E-state index is 15.0. The van der Waals surface area contributed by atoms with Crippen LogP contribution in [0.1, 0.15) is 80.4 Å². The molecule has 1 amide bonds. The Balaban J connectivity index is 1.29. The lowest BCUT2D eigenvalue weighted by Crippen LogP contribution is -2.37. The number of aromatic nitrogens is 4. The average Bonchev–Trinajstić information content (AvgIpc) is 3.74. The standard InChI is InChI=1S/C46H40F5N5O7/c47-34-20-32(21-35(48)22-34)24-55(43(58)37-23-52-56(40(37)46(49,50)51)36-18-16-33(17-19-36)44(59)60)25-38(57)39-41(61-26-29-10-4-1-5-11-29)53-45(63-28-31-14-8-3-9-15-31)54-42(39)62-27-30-12-6-2-7-13-30/h1-15,20-23,33,36H,16-19,24-28H2,(H,59,60)/t33-,36-. The number of nitrogens with zero attached hydrogens (tertiary/aromatic N) is 5. The van der Waals surface area contributed by atoms with Gasteiger partial charge in [-0.1, -0.05) is 91.0 Å². The maximum atomic E-state index is 15.0. The van der Waals surface area contributed by atoms with Crippen molar-refractivity contribution in [2.75, 3.05) is 6.54 Å². The van der Waals surface area contributed by atoms with Gasteiger partial charge >= 0.3 is 18.2 Å². The molecule has 1 saturated carbocycles. The number of aliphatic carboxylic acids is 1. The predicted octanol–water partition coefficient (Wildman–Crippen LogP) is 9.05. The number of Topliss-reactive ketones (excluding diaryl/α,β-unsaturated/α-hetero) is 1. The Morgan fingerprint density at radius 2 is 1.19 bits per heavy atom. The van der Waals surface area contributed by atoms with Gasteiger partial charge in [-0.25, -0.2) is 8.78 Å². The van der Waals surface area contributed by atoms with Crippen molar-refractivity contribution in [2.45, 2.75) is 64.3 Å². The van der Waals surface area contributed by atoms with Gasteiger partial charge in [-0.2, -0.15) is 28.2 Å². The van der Waals surface area contributed by atoms with E-state index in [0.29, 0.717) is 26.8 Å². The third-order valence-electron chi connectivity index (χ3n) is 10.4. The van der Waals surface area contributed by atoms with Crippen LogP contribution in [0.15, 0.2) is 115 Å². The second-order valence-corrected chi connectivity index (χ2v) is 14.9. The van der Waals surface area contributed by atoms with Crippen molar-refractivity contribution in [1.82, 2.24) is 24.6 Å². The van der Waals surface area contributed by atoms with Gasteiger partial charge in [0.05, 0.1) is 30.3 Å². The largest absolute Gasteiger partial charge is 0.481 e. The molecule has 0 spiro atoms. The highest BCUT2D eigenvalue weighted by Crippen LogP contribution is 2.39. The second kappa shape index (κ2) is 19.7. The number of amides is 1. The number of hydrogen-bond acceptors (Lipinski definition) is 9. The molecule has 1 aliphatic carbocycles. The SMILES string of the molecule is O=C(CN(Cc1cc(F)cc(F)c1)C(=O)c1cnn([C@H]2CC[C@H](C(=O)O)CC2)c1C(F)(F)F)c1c(OCc2ccccc2)nc(OCc2ccccc2)nc1OCc1ccccc1. The lowest BCUT2D eigenvalue weighted by Gasteiger charge is -2.28. The number of ether oxygens (including phenoxy) is 3. The molecule has 0 atom stereocenters. The molecule has 4 aromatic carbocycles. The van der Waals surface area contributed by atoms with Crippen molar-refractivity contribution in [3.63, 3.8) is 0 Å². The first-order valence-corrected chi connectivity index (χ1v) is 19.9. The van der Waals surface area contributed by atoms with E-state index in [1.807, 2.05) is 30.3 Å². The number of carboxylic acid groups (broad SMARTS) is 1. The summed E-state index contributed by atoms with van der Waals surface area (Å²) >= 11 is 0. The molecule has 0 unspecified atom stereocenters. The molecule has 2 heterocycles. The quantitative estimate of drug-likeness (QED) is 0.0696. The van der Waals surface area contributed by atoms with E-state index < -0.39 is 71.8 Å². The van der Waals surface area contributed by atoms with E-state index in [1.165, 1.54) is 0 Å². The molecule has 1 aliphatic rings. The van der Waals surface area contributed by atoms with E-state index in [-0.39, 0.29) is 74.4 Å². The van der Waals surface area contributed by atoms with Crippen molar-refractivity contribution >= 4 is 17.7 Å². The van der Waals surface area contributed by atoms with E-state index in [0.717, 1.165) is 23.9 Å². The summed E-state index contributed by atoms with van der Waals surface area (Å²) in [5.41, 5.74) is -0.817. The van der Waals surface area contributed by atoms with E-state index in [4.69, 9.17) is 14.2 Å². The Labute approximate surface area is 357 Å². The Morgan fingerprint density at radius 3 is 1.67 bits per heavy atom. The molecule has 1 N–H and O–H groups in total. The molecule has 6 aromatic rings. The first-order valence-electron chi connectivity index (χ1n) is 19.9. The summed E-state index contributed by atoms with van der Waals surface area (Å²) in [7, 11) is 0. The van der Waals surface area contributed by atoms with E-state index in [1.54, 1.807) is 60.7 Å². The highest BCUT2D eigenvalue weighted by atomic mass is 19.4. The molecule has 0 saturated heterocycles. The van der Waals surface area contributed by atoms with Crippen molar-refractivity contribution in [2.24, 2.45) is 5.92 Å². The summed E-state index contributed by atoms with van der Waals surface area (Å²) in [5.74, 6) is -6.84. The Hall–Kier alpha value is -7.17. The number of halogens is 5. The zero-order valence-electron chi connectivity index (χ0n) is 33.5. The molecular formula is C46H40F5N5O7. The van der Waals surface area contributed by atoms with Crippen LogP contribution in [0.2, 0.25) is 0 Å². The molecule has 2 aromatic heterocycles. The molecule has 0 aliphatic heterocycles. The highest BCUT2D eigenvalue weighted by molar-refractivity contribution is 6.05. The van der Waals surface area contributed by atoms with Crippen LogP contribution in [0.25, 0.3) is 0 Å².